The number of hydrogen-bond acceptors (Lipinski definition) is 5. The van der Waals surface area contributed by atoms with Crippen molar-refractivity contribution in [3.8, 4) is 5.75 Å². The molecule has 4 N–H and O–H groups in total. The van der Waals surface area contributed by atoms with Crippen molar-refractivity contribution in [2.24, 2.45) is 5.84 Å². The lowest BCUT2D eigenvalue weighted by molar-refractivity contribution is 0.102. The lowest BCUT2D eigenvalue weighted by atomic mass is 10.1. The van der Waals surface area contributed by atoms with E-state index < -0.39 is 0 Å². The molecule has 1 amide bonds. The van der Waals surface area contributed by atoms with E-state index in [9.17, 15) is 4.79 Å². The molecule has 0 aliphatic carbocycles. The third-order valence-electron chi connectivity index (χ3n) is 3.12. The van der Waals surface area contributed by atoms with Crippen molar-refractivity contribution < 1.29 is 9.53 Å². The predicted octanol–water partition coefficient (Wildman–Crippen LogP) is 2.24. The van der Waals surface area contributed by atoms with Gasteiger partial charge in [0, 0.05) is 17.6 Å². The van der Waals surface area contributed by atoms with E-state index in [1.165, 1.54) is 6.20 Å². The predicted molar refractivity (Wildman–Crippen MR) is 82.5 cm³/mol. The Labute approximate surface area is 123 Å². The smallest absolute Gasteiger partial charge is 0.259 e. The van der Waals surface area contributed by atoms with Crippen LogP contribution < -0.4 is 21.3 Å². The molecule has 2 aromatic rings. The first kappa shape index (κ1) is 14.8. The van der Waals surface area contributed by atoms with E-state index in [0.717, 1.165) is 17.0 Å². The third kappa shape index (κ3) is 3.29. The van der Waals surface area contributed by atoms with Crippen LogP contribution >= 0.6 is 0 Å². The maximum atomic E-state index is 12.3. The summed E-state index contributed by atoms with van der Waals surface area (Å²) in [5.41, 5.74) is 5.83. The Hall–Kier alpha value is -2.60. The fourth-order valence-electron chi connectivity index (χ4n) is 1.95. The molecule has 6 heteroatoms. The summed E-state index contributed by atoms with van der Waals surface area (Å²) >= 11 is 0. The van der Waals surface area contributed by atoms with Crippen molar-refractivity contribution in [3.63, 3.8) is 0 Å². The summed E-state index contributed by atoms with van der Waals surface area (Å²) in [5, 5.41) is 2.84. The highest BCUT2D eigenvalue weighted by atomic mass is 16.5. The van der Waals surface area contributed by atoms with Gasteiger partial charge in [-0.1, -0.05) is 0 Å². The first-order chi connectivity index (χ1) is 10.0. The Morgan fingerprint density at radius 1 is 1.24 bits per heavy atom. The second-order valence-corrected chi connectivity index (χ2v) is 4.65. The number of pyridine rings is 1. The normalized spacial score (nSPS) is 10.1. The molecule has 1 heterocycles. The Bertz CT molecular complexity index is 671. The molecule has 0 unspecified atom stereocenters. The van der Waals surface area contributed by atoms with Gasteiger partial charge in [-0.25, -0.2) is 0 Å². The van der Waals surface area contributed by atoms with E-state index in [4.69, 9.17) is 10.6 Å². The number of benzene rings is 1. The number of ether oxygens (including phenoxy) is 1. The second-order valence-electron chi connectivity index (χ2n) is 4.65. The number of rotatable bonds is 4. The molecule has 2 rings (SSSR count). The first-order valence-corrected chi connectivity index (χ1v) is 6.44. The van der Waals surface area contributed by atoms with Crippen molar-refractivity contribution in [1.82, 2.24) is 4.98 Å². The minimum absolute atomic E-state index is 0.274. The van der Waals surface area contributed by atoms with Crippen molar-refractivity contribution >= 4 is 17.3 Å². The van der Waals surface area contributed by atoms with Gasteiger partial charge in [-0.2, -0.15) is 0 Å². The van der Waals surface area contributed by atoms with Gasteiger partial charge in [0.2, 0.25) is 0 Å². The molecule has 0 saturated heterocycles. The largest absolute Gasteiger partial charge is 0.497 e. The lowest BCUT2D eigenvalue weighted by Gasteiger charge is -2.12. The lowest BCUT2D eigenvalue weighted by Crippen LogP contribution is -2.18. The van der Waals surface area contributed by atoms with Crippen LogP contribution in [-0.4, -0.2) is 18.0 Å². The van der Waals surface area contributed by atoms with E-state index in [-0.39, 0.29) is 5.91 Å². The van der Waals surface area contributed by atoms with Crippen molar-refractivity contribution in [2.45, 2.75) is 13.8 Å². The topological polar surface area (TPSA) is 89.3 Å². The highest BCUT2D eigenvalue weighted by Crippen LogP contribution is 2.23. The number of aromatic nitrogens is 1. The van der Waals surface area contributed by atoms with E-state index in [0.29, 0.717) is 16.9 Å². The summed E-state index contributed by atoms with van der Waals surface area (Å²) < 4.78 is 5.14. The number of carbonyl (C=O) groups excluding carboxylic acids is 1. The number of anilines is 2. The third-order valence-corrected chi connectivity index (χ3v) is 3.12. The van der Waals surface area contributed by atoms with Crippen molar-refractivity contribution in [1.29, 1.82) is 0 Å². The summed E-state index contributed by atoms with van der Waals surface area (Å²) in [6.07, 6.45) is 1.50. The minimum Gasteiger partial charge on any atom is -0.497 e. The Kier molecular flexibility index (Phi) is 4.39. The number of nitrogens with zero attached hydrogens (tertiary/aromatic N) is 1. The van der Waals surface area contributed by atoms with E-state index >= 15 is 0 Å². The van der Waals surface area contributed by atoms with Gasteiger partial charge in [-0.05, 0) is 43.7 Å². The SMILES string of the molecule is COc1ccc(NC(=O)c2cnc(C)cc2NN)c(C)c1. The molecule has 0 bridgehead atoms. The van der Waals surface area contributed by atoms with Crippen LogP contribution in [-0.2, 0) is 0 Å². The maximum Gasteiger partial charge on any atom is 0.259 e. The number of amides is 1. The summed E-state index contributed by atoms with van der Waals surface area (Å²) in [5.74, 6) is 5.91. The number of hydrogen-bond donors (Lipinski definition) is 3. The number of hydrazine groups is 1. The Morgan fingerprint density at radius 2 is 2.00 bits per heavy atom. The molecular formula is C15H18N4O2. The molecule has 0 spiro atoms. The van der Waals surface area contributed by atoms with Crippen molar-refractivity contribution in [2.75, 3.05) is 17.9 Å². The molecule has 1 aromatic heterocycles. The van der Waals surface area contributed by atoms with Crippen LogP contribution in [0.4, 0.5) is 11.4 Å². The average molecular weight is 286 g/mol. The van der Waals surface area contributed by atoms with Gasteiger partial charge in [-0.15, -0.1) is 0 Å². The summed E-state index contributed by atoms with van der Waals surface area (Å²) in [7, 11) is 1.60. The zero-order valence-corrected chi connectivity index (χ0v) is 12.2. The fourth-order valence-corrected chi connectivity index (χ4v) is 1.95. The summed E-state index contributed by atoms with van der Waals surface area (Å²) in [6, 6.07) is 7.15. The number of carbonyl (C=O) groups is 1. The van der Waals surface area contributed by atoms with Gasteiger partial charge in [0.15, 0.2) is 0 Å². The average Bonchev–Trinajstić information content (AvgIpc) is 2.48. The van der Waals surface area contributed by atoms with E-state index in [1.807, 2.05) is 19.9 Å². The molecule has 1 aromatic carbocycles. The van der Waals surface area contributed by atoms with Gasteiger partial charge in [-0.3, -0.25) is 15.6 Å². The van der Waals surface area contributed by atoms with Crippen LogP contribution in [0.15, 0.2) is 30.5 Å². The number of methoxy groups -OCH3 is 1. The highest BCUT2D eigenvalue weighted by Gasteiger charge is 2.13. The molecule has 0 aliphatic heterocycles. The second kappa shape index (κ2) is 6.23. The minimum atomic E-state index is -0.274. The van der Waals surface area contributed by atoms with Crippen LogP contribution in [0, 0.1) is 13.8 Å². The van der Waals surface area contributed by atoms with Gasteiger partial charge in [0.1, 0.15) is 5.75 Å². The fraction of sp³-hybridized carbons (Fsp3) is 0.200. The standard InChI is InChI=1S/C15H18N4O2/c1-9-6-11(21-3)4-5-13(9)18-15(20)12-8-17-10(2)7-14(12)19-16/h4-8H,16H2,1-3H3,(H,17,19)(H,18,20). The molecule has 110 valence electrons. The van der Waals surface area contributed by atoms with Gasteiger partial charge >= 0.3 is 0 Å². The Balaban J connectivity index is 2.26. The number of nitrogens with two attached hydrogens (primary N) is 1. The van der Waals surface area contributed by atoms with Crippen LogP contribution in [0.5, 0.6) is 5.75 Å². The van der Waals surface area contributed by atoms with Gasteiger partial charge < -0.3 is 15.5 Å². The van der Waals surface area contributed by atoms with Gasteiger partial charge in [0.05, 0.1) is 18.4 Å². The number of aryl methyl sites for hydroxylation is 2. The molecule has 0 saturated carbocycles. The van der Waals surface area contributed by atoms with Crippen LogP contribution in [0.1, 0.15) is 21.6 Å². The number of nitrogens with one attached hydrogen (secondary N) is 2. The molecular weight excluding hydrogens is 268 g/mol. The quantitative estimate of drug-likeness (QED) is 0.592. The first-order valence-electron chi connectivity index (χ1n) is 6.44. The van der Waals surface area contributed by atoms with Gasteiger partial charge in [0.25, 0.3) is 5.91 Å². The maximum absolute atomic E-state index is 12.3. The molecule has 6 nitrogen and oxygen atoms in total. The van der Waals surface area contributed by atoms with Crippen LogP contribution in [0.2, 0.25) is 0 Å². The van der Waals surface area contributed by atoms with Crippen LogP contribution in [0.25, 0.3) is 0 Å². The summed E-state index contributed by atoms with van der Waals surface area (Å²) in [6.45, 7) is 3.73. The van der Waals surface area contributed by atoms with Crippen molar-refractivity contribution in [3.05, 3.63) is 47.3 Å². The number of nitrogen functional groups attached to an aromatic ring is 1. The zero-order valence-electron chi connectivity index (χ0n) is 12.2. The van der Waals surface area contributed by atoms with E-state index in [1.54, 1.807) is 25.3 Å². The van der Waals surface area contributed by atoms with Crippen LogP contribution in [0.3, 0.4) is 0 Å². The summed E-state index contributed by atoms with van der Waals surface area (Å²) in [4.78, 5) is 16.5. The zero-order chi connectivity index (χ0) is 15.4. The van der Waals surface area contributed by atoms with E-state index in [2.05, 4.69) is 15.7 Å². The molecule has 0 fully saturated rings. The monoisotopic (exact) mass is 286 g/mol. The molecule has 0 atom stereocenters. The molecule has 0 radical (unpaired) electrons. The molecule has 21 heavy (non-hydrogen) atoms. The molecule has 0 aliphatic rings. The Morgan fingerprint density at radius 3 is 2.62 bits per heavy atom. The highest BCUT2D eigenvalue weighted by molar-refractivity contribution is 6.08.